The van der Waals surface area contributed by atoms with Gasteiger partial charge < -0.3 is 0 Å². The van der Waals surface area contributed by atoms with Gasteiger partial charge in [0.15, 0.2) is 0 Å². The molecule has 0 bridgehead atoms. The molecular formula is C33H36. The van der Waals surface area contributed by atoms with Gasteiger partial charge in [-0.05, 0) is 75.0 Å². The lowest BCUT2D eigenvalue weighted by Crippen LogP contribution is -2.26. The van der Waals surface area contributed by atoms with Gasteiger partial charge in [-0.3, -0.25) is 0 Å². The maximum Gasteiger partial charge on any atom is 0.0155 e. The van der Waals surface area contributed by atoms with Crippen molar-refractivity contribution in [2.24, 2.45) is 17.8 Å². The summed E-state index contributed by atoms with van der Waals surface area (Å²) < 4.78 is 0. The van der Waals surface area contributed by atoms with Crippen LogP contribution in [0.1, 0.15) is 75.6 Å². The standard InChI is InChI=1S/C33H36/c1-21(23-15-17-27-25-11-7-9-13-29(25)33(4,5)31(27)20-23)18-22-14-16-26-24-10-6-8-12-28(24)32(2,3)30(26)19-22/h6-13,15-17,19-22,27,31H,14,18H2,1-5H3. The van der Waals surface area contributed by atoms with Gasteiger partial charge in [-0.25, -0.2) is 0 Å². The Kier molecular flexibility index (Phi) is 4.57. The molecule has 0 aromatic heterocycles. The molecule has 6 rings (SSSR count). The Morgan fingerprint density at radius 1 is 0.909 bits per heavy atom. The van der Waals surface area contributed by atoms with E-state index in [1.54, 1.807) is 11.1 Å². The SMILES string of the molecule is CC(CC1C=C2C(=CC1)c1ccccc1C2(C)C)C1=CC2C(C=C1)c1ccccc1C2(C)C. The van der Waals surface area contributed by atoms with Gasteiger partial charge in [0.1, 0.15) is 0 Å². The quantitative estimate of drug-likeness (QED) is 0.456. The van der Waals surface area contributed by atoms with Gasteiger partial charge in [0.05, 0.1) is 0 Å². The average molecular weight is 433 g/mol. The first-order chi connectivity index (χ1) is 15.8. The zero-order valence-electron chi connectivity index (χ0n) is 20.7. The summed E-state index contributed by atoms with van der Waals surface area (Å²) in [7, 11) is 0. The predicted octanol–water partition coefficient (Wildman–Crippen LogP) is 8.52. The van der Waals surface area contributed by atoms with Crippen molar-refractivity contribution < 1.29 is 0 Å². The van der Waals surface area contributed by atoms with Crippen LogP contribution in [0.25, 0.3) is 5.57 Å². The van der Waals surface area contributed by atoms with Crippen LogP contribution in [0.4, 0.5) is 0 Å². The highest BCUT2D eigenvalue weighted by molar-refractivity contribution is 5.90. The molecule has 4 unspecified atom stereocenters. The third-order valence-electron chi connectivity index (χ3n) is 9.21. The van der Waals surface area contributed by atoms with Gasteiger partial charge in [0, 0.05) is 11.3 Å². The summed E-state index contributed by atoms with van der Waals surface area (Å²) in [6.07, 6.45) is 15.1. The molecule has 0 fully saturated rings. The number of rotatable bonds is 3. The third kappa shape index (κ3) is 3.03. The monoisotopic (exact) mass is 432 g/mol. The number of allylic oxidation sites excluding steroid dienone is 8. The second-order valence-corrected chi connectivity index (χ2v) is 11.9. The van der Waals surface area contributed by atoms with E-state index in [0.29, 0.717) is 23.7 Å². The molecule has 0 aliphatic heterocycles. The maximum absolute atomic E-state index is 2.63. The van der Waals surface area contributed by atoms with E-state index in [9.17, 15) is 0 Å². The number of hydrogen-bond acceptors (Lipinski definition) is 0. The Morgan fingerprint density at radius 2 is 1.64 bits per heavy atom. The average Bonchev–Trinajstić information content (AvgIpc) is 3.19. The Morgan fingerprint density at radius 3 is 2.45 bits per heavy atom. The number of fused-ring (bicyclic) bond motifs is 6. The molecular weight excluding hydrogens is 396 g/mol. The van der Waals surface area contributed by atoms with Gasteiger partial charge in [0.25, 0.3) is 0 Å². The Bertz CT molecular complexity index is 1240. The first-order valence-electron chi connectivity index (χ1n) is 12.8. The molecule has 0 radical (unpaired) electrons. The first-order valence-corrected chi connectivity index (χ1v) is 12.8. The maximum atomic E-state index is 2.63. The Labute approximate surface area is 199 Å². The van der Waals surface area contributed by atoms with E-state index in [1.165, 1.54) is 34.2 Å². The normalized spacial score (nSPS) is 28.6. The minimum Gasteiger partial charge on any atom is -0.0764 e. The van der Waals surface area contributed by atoms with Crippen molar-refractivity contribution in [1.82, 2.24) is 0 Å². The van der Waals surface area contributed by atoms with Crippen molar-refractivity contribution in [2.75, 3.05) is 0 Å². The van der Waals surface area contributed by atoms with Crippen molar-refractivity contribution in [3.8, 4) is 0 Å². The lowest BCUT2D eigenvalue weighted by molar-refractivity contribution is 0.386. The van der Waals surface area contributed by atoms with E-state index in [1.807, 2.05) is 0 Å². The molecule has 0 heterocycles. The summed E-state index contributed by atoms with van der Waals surface area (Å²) >= 11 is 0. The molecule has 2 aromatic rings. The van der Waals surface area contributed by atoms with E-state index < -0.39 is 0 Å². The Balaban J connectivity index is 1.24. The van der Waals surface area contributed by atoms with Crippen molar-refractivity contribution in [3.05, 3.63) is 112 Å². The van der Waals surface area contributed by atoms with Crippen LogP contribution in [0.15, 0.2) is 90.1 Å². The zero-order chi connectivity index (χ0) is 23.0. The minimum absolute atomic E-state index is 0.112. The van der Waals surface area contributed by atoms with Crippen LogP contribution >= 0.6 is 0 Å². The summed E-state index contributed by atoms with van der Waals surface area (Å²) in [5.74, 6) is 2.29. The third-order valence-corrected chi connectivity index (χ3v) is 9.21. The first kappa shape index (κ1) is 21.0. The van der Waals surface area contributed by atoms with Gasteiger partial charge in [-0.15, -0.1) is 0 Å². The second kappa shape index (κ2) is 7.20. The molecule has 0 heteroatoms. The summed E-state index contributed by atoms with van der Waals surface area (Å²) in [5.41, 5.74) is 10.9. The molecule has 0 saturated heterocycles. The number of benzene rings is 2. The molecule has 0 saturated carbocycles. The summed E-state index contributed by atoms with van der Waals surface area (Å²) in [6.45, 7) is 12.1. The molecule has 4 aliphatic rings. The van der Waals surface area contributed by atoms with Crippen molar-refractivity contribution >= 4 is 5.57 Å². The van der Waals surface area contributed by atoms with Crippen molar-refractivity contribution in [1.29, 1.82) is 0 Å². The van der Waals surface area contributed by atoms with Crippen LogP contribution in [0.3, 0.4) is 0 Å². The lowest BCUT2D eigenvalue weighted by Gasteiger charge is -2.33. The largest absolute Gasteiger partial charge is 0.0764 e. The smallest absolute Gasteiger partial charge is 0.0155 e. The highest BCUT2D eigenvalue weighted by Gasteiger charge is 2.45. The van der Waals surface area contributed by atoms with E-state index in [-0.39, 0.29) is 10.8 Å². The summed E-state index contributed by atoms with van der Waals surface area (Å²) in [6, 6.07) is 18.1. The molecule has 4 aliphatic carbocycles. The lowest BCUT2D eigenvalue weighted by atomic mass is 9.71. The van der Waals surface area contributed by atoms with Crippen molar-refractivity contribution in [3.63, 3.8) is 0 Å². The van der Waals surface area contributed by atoms with E-state index in [4.69, 9.17) is 0 Å². The van der Waals surface area contributed by atoms with Gasteiger partial charge in [0.2, 0.25) is 0 Å². The van der Waals surface area contributed by atoms with Crippen LogP contribution in [-0.4, -0.2) is 0 Å². The molecule has 0 amide bonds. The molecule has 4 atom stereocenters. The molecule has 33 heavy (non-hydrogen) atoms. The van der Waals surface area contributed by atoms with Gasteiger partial charge in [-0.2, -0.15) is 0 Å². The van der Waals surface area contributed by atoms with Crippen LogP contribution in [-0.2, 0) is 10.8 Å². The summed E-state index contributed by atoms with van der Waals surface area (Å²) in [5, 5.41) is 0. The summed E-state index contributed by atoms with van der Waals surface area (Å²) in [4.78, 5) is 0. The molecule has 168 valence electrons. The molecule has 0 N–H and O–H groups in total. The zero-order valence-corrected chi connectivity index (χ0v) is 20.7. The van der Waals surface area contributed by atoms with Crippen molar-refractivity contribution in [2.45, 2.75) is 64.2 Å². The second-order valence-electron chi connectivity index (χ2n) is 11.9. The van der Waals surface area contributed by atoms with Crippen LogP contribution in [0.5, 0.6) is 0 Å². The minimum atomic E-state index is 0.112. The fourth-order valence-corrected chi connectivity index (χ4v) is 7.27. The topological polar surface area (TPSA) is 0 Å². The van der Waals surface area contributed by atoms with Crippen LogP contribution in [0.2, 0.25) is 0 Å². The number of hydrogen-bond donors (Lipinski definition) is 0. The highest BCUT2D eigenvalue weighted by atomic mass is 14.5. The van der Waals surface area contributed by atoms with Gasteiger partial charge in [-0.1, -0.05) is 114 Å². The molecule has 2 aromatic carbocycles. The molecule has 0 spiro atoms. The van der Waals surface area contributed by atoms with E-state index >= 15 is 0 Å². The fraction of sp³-hybridized carbons (Fsp3) is 0.394. The van der Waals surface area contributed by atoms with E-state index in [2.05, 4.69) is 114 Å². The highest BCUT2D eigenvalue weighted by Crippen LogP contribution is 2.55. The van der Waals surface area contributed by atoms with Crippen LogP contribution in [0, 0.1) is 17.8 Å². The molecule has 0 nitrogen and oxygen atoms in total. The predicted molar refractivity (Wildman–Crippen MR) is 140 cm³/mol. The fourth-order valence-electron chi connectivity index (χ4n) is 7.27. The van der Waals surface area contributed by atoms with Gasteiger partial charge >= 0.3 is 0 Å². The van der Waals surface area contributed by atoms with Crippen LogP contribution < -0.4 is 0 Å². The Hall–Kier alpha value is -2.60. The van der Waals surface area contributed by atoms with E-state index in [0.717, 1.165) is 6.42 Å².